The van der Waals surface area contributed by atoms with Crippen molar-refractivity contribution in [3.05, 3.63) is 261 Å². The summed E-state index contributed by atoms with van der Waals surface area (Å²) in [5, 5.41) is 7.20. The van der Waals surface area contributed by atoms with Crippen LogP contribution < -0.4 is 0 Å². The van der Waals surface area contributed by atoms with Crippen molar-refractivity contribution < 1.29 is 0 Å². The summed E-state index contributed by atoms with van der Waals surface area (Å²) in [4.78, 5) is 15.3. The van der Waals surface area contributed by atoms with E-state index in [0.29, 0.717) is 17.5 Å². The largest absolute Gasteiger partial charge is 0.309 e. The molecule has 0 aliphatic carbocycles. The molecule has 0 aliphatic rings. The molecule has 0 aliphatic heterocycles. The van der Waals surface area contributed by atoms with Crippen LogP contribution in [-0.2, 0) is 0 Å². The Morgan fingerprint density at radius 1 is 0.253 bits per heavy atom. The Balaban J connectivity index is 0.874. The molecule has 0 fully saturated rings. The quantitative estimate of drug-likeness (QED) is 0.152. The third kappa shape index (κ3) is 7.25. The normalized spacial score (nSPS) is 11.7. The minimum absolute atomic E-state index is 0.650. The lowest BCUT2D eigenvalue weighted by Gasteiger charge is -2.11. The predicted molar refractivity (Wildman–Crippen MR) is 314 cm³/mol. The van der Waals surface area contributed by atoms with Gasteiger partial charge in [-0.2, -0.15) is 0 Å². The fraction of sp³-hybridized carbons (Fsp3) is 0. The van der Waals surface area contributed by atoms with Crippen molar-refractivity contribution in [3.8, 4) is 78.9 Å². The van der Waals surface area contributed by atoms with Gasteiger partial charge in [0.05, 0.1) is 22.1 Å². The maximum atomic E-state index is 5.17. The number of hydrogen-bond donors (Lipinski definition) is 0. The minimum Gasteiger partial charge on any atom is -0.309 e. The van der Waals surface area contributed by atoms with E-state index in [1.54, 1.807) is 11.3 Å². The number of fused-ring (bicyclic) bond motifs is 9. The Kier molecular flexibility index (Phi) is 10.00. The Labute approximate surface area is 436 Å². The van der Waals surface area contributed by atoms with E-state index in [1.165, 1.54) is 75.1 Å². The Hall–Kier alpha value is -9.75. The van der Waals surface area contributed by atoms with Gasteiger partial charge in [-0.1, -0.05) is 176 Å². The van der Waals surface area contributed by atoms with E-state index in [-0.39, 0.29) is 0 Å². The maximum Gasteiger partial charge on any atom is 0.164 e. The average Bonchev–Trinajstić information content (AvgIpc) is 4.20. The summed E-state index contributed by atoms with van der Waals surface area (Å²) in [6.07, 6.45) is 0. The van der Waals surface area contributed by atoms with Crippen LogP contribution in [0, 0.1) is 0 Å². The van der Waals surface area contributed by atoms with Gasteiger partial charge in [-0.25, -0.2) is 15.0 Å². The van der Waals surface area contributed by atoms with Gasteiger partial charge < -0.3 is 9.13 Å². The number of nitrogens with zero attached hydrogens (tertiary/aromatic N) is 5. The topological polar surface area (TPSA) is 48.5 Å². The zero-order chi connectivity index (χ0) is 49.4. The molecule has 0 saturated carbocycles. The second-order valence-electron chi connectivity index (χ2n) is 19.2. The summed E-state index contributed by atoms with van der Waals surface area (Å²) < 4.78 is 7.22. The second kappa shape index (κ2) is 17.5. The van der Waals surface area contributed by atoms with Crippen LogP contribution in [-0.4, -0.2) is 24.1 Å². The van der Waals surface area contributed by atoms with Crippen molar-refractivity contribution in [2.24, 2.45) is 0 Å². The lowest BCUT2D eigenvalue weighted by Crippen LogP contribution is -2.00. The van der Waals surface area contributed by atoms with Gasteiger partial charge in [0.15, 0.2) is 17.5 Å². The van der Waals surface area contributed by atoms with Crippen LogP contribution in [0.15, 0.2) is 261 Å². The molecule has 15 aromatic rings. The first-order valence-electron chi connectivity index (χ1n) is 25.3. The van der Waals surface area contributed by atoms with E-state index in [1.807, 2.05) is 36.4 Å². The standard InChI is InChI=1S/C69H43N5S/c1-5-17-44(18-6-1)47-23-15-26-53(39-47)74-60-29-14-13-27-54(60)56-40-48(31-35-61(56)74)49-32-36-62-57(41-49)58-42-50(33-37-63(58)73(62)52-24-11-4-12-25-52)51-34-38-64-59(43-51)66-55(28-16-30-65(66)75-64)69-71-67(45-19-7-2-8-20-45)70-68(72-69)46-21-9-3-10-22-46/h1-43H. The van der Waals surface area contributed by atoms with Crippen molar-refractivity contribution >= 4 is 75.1 Å². The van der Waals surface area contributed by atoms with Crippen LogP contribution in [0.3, 0.4) is 0 Å². The summed E-state index contributed by atoms with van der Waals surface area (Å²) in [6.45, 7) is 0. The van der Waals surface area contributed by atoms with Gasteiger partial charge in [-0.3, -0.25) is 0 Å². The SMILES string of the molecule is c1ccc(-c2cccc(-n3c4ccccc4c4cc(-c5ccc6c(c5)c5cc(-c7ccc8sc9cccc(-c%10nc(-c%11ccccc%11)nc(-c%11ccccc%11)n%10)c9c8c7)ccc5n6-c5ccccc5)ccc43)c2)cc1. The van der Waals surface area contributed by atoms with Crippen molar-refractivity contribution in [3.63, 3.8) is 0 Å². The molecule has 0 amide bonds. The van der Waals surface area contributed by atoms with Gasteiger partial charge in [0.1, 0.15) is 0 Å². The second-order valence-corrected chi connectivity index (χ2v) is 20.2. The molecule has 0 bridgehead atoms. The highest BCUT2D eigenvalue weighted by Crippen LogP contribution is 2.44. The predicted octanol–water partition coefficient (Wildman–Crippen LogP) is 18.4. The van der Waals surface area contributed by atoms with Crippen LogP contribution >= 0.6 is 11.3 Å². The molecular weight excluding hydrogens is 931 g/mol. The number of aromatic nitrogens is 5. The molecule has 5 nitrogen and oxygen atoms in total. The van der Waals surface area contributed by atoms with Crippen LogP contribution in [0.5, 0.6) is 0 Å². The van der Waals surface area contributed by atoms with Crippen LogP contribution in [0.1, 0.15) is 0 Å². The zero-order valence-corrected chi connectivity index (χ0v) is 41.3. The maximum absolute atomic E-state index is 5.17. The molecule has 15 rings (SSSR count). The van der Waals surface area contributed by atoms with Gasteiger partial charge in [-0.05, 0) is 118 Å². The summed E-state index contributed by atoms with van der Waals surface area (Å²) in [5.41, 5.74) is 16.9. The molecule has 0 N–H and O–H groups in total. The van der Waals surface area contributed by atoms with Gasteiger partial charge in [0, 0.05) is 69.8 Å². The smallest absolute Gasteiger partial charge is 0.164 e. The van der Waals surface area contributed by atoms with Crippen molar-refractivity contribution in [2.75, 3.05) is 0 Å². The van der Waals surface area contributed by atoms with Crippen LogP contribution in [0.2, 0.25) is 0 Å². The van der Waals surface area contributed by atoms with Crippen molar-refractivity contribution in [2.45, 2.75) is 0 Å². The van der Waals surface area contributed by atoms with Crippen molar-refractivity contribution in [1.29, 1.82) is 0 Å². The van der Waals surface area contributed by atoms with E-state index in [0.717, 1.165) is 50.1 Å². The Morgan fingerprint density at radius 3 is 1.29 bits per heavy atom. The summed E-state index contributed by atoms with van der Waals surface area (Å²) in [6, 6.07) is 93.7. The highest BCUT2D eigenvalue weighted by Gasteiger charge is 2.20. The molecule has 6 heteroatoms. The molecule has 75 heavy (non-hydrogen) atoms. The average molecular weight is 974 g/mol. The first-order valence-corrected chi connectivity index (χ1v) is 26.1. The Bertz CT molecular complexity index is 4630. The molecular formula is C69H43N5S. The van der Waals surface area contributed by atoms with Gasteiger partial charge in [0.2, 0.25) is 0 Å². The summed E-state index contributed by atoms with van der Waals surface area (Å²) >= 11 is 1.81. The third-order valence-corrected chi connectivity index (χ3v) is 15.9. The first-order chi connectivity index (χ1) is 37.2. The molecule has 4 heterocycles. The van der Waals surface area contributed by atoms with E-state index >= 15 is 0 Å². The van der Waals surface area contributed by atoms with Crippen molar-refractivity contribution in [1.82, 2.24) is 24.1 Å². The highest BCUT2D eigenvalue weighted by atomic mass is 32.1. The molecule has 11 aromatic carbocycles. The van der Waals surface area contributed by atoms with Gasteiger partial charge in [0.25, 0.3) is 0 Å². The lowest BCUT2D eigenvalue weighted by atomic mass is 9.98. The van der Waals surface area contributed by atoms with Gasteiger partial charge in [-0.15, -0.1) is 11.3 Å². The molecule has 4 aromatic heterocycles. The van der Waals surface area contributed by atoms with E-state index in [2.05, 4.69) is 234 Å². The molecule has 0 saturated heterocycles. The molecule has 0 spiro atoms. The van der Waals surface area contributed by atoms with E-state index in [4.69, 9.17) is 15.0 Å². The molecule has 0 unspecified atom stereocenters. The summed E-state index contributed by atoms with van der Waals surface area (Å²) in [5.74, 6) is 1.96. The molecule has 350 valence electrons. The number of thiophene rings is 1. The van der Waals surface area contributed by atoms with Crippen LogP contribution in [0.25, 0.3) is 143 Å². The lowest BCUT2D eigenvalue weighted by molar-refractivity contribution is 1.08. The minimum atomic E-state index is 0.650. The number of para-hydroxylation sites is 2. The fourth-order valence-corrected chi connectivity index (χ4v) is 12.4. The molecule has 0 radical (unpaired) electrons. The van der Waals surface area contributed by atoms with E-state index < -0.39 is 0 Å². The van der Waals surface area contributed by atoms with Gasteiger partial charge >= 0.3 is 0 Å². The molecule has 0 atom stereocenters. The van der Waals surface area contributed by atoms with E-state index in [9.17, 15) is 0 Å². The number of benzene rings is 11. The summed E-state index contributed by atoms with van der Waals surface area (Å²) in [7, 11) is 0. The van der Waals surface area contributed by atoms with Crippen LogP contribution in [0.4, 0.5) is 0 Å². The first kappa shape index (κ1) is 42.9. The fourth-order valence-electron chi connectivity index (χ4n) is 11.2. The zero-order valence-electron chi connectivity index (χ0n) is 40.5. The number of hydrogen-bond acceptors (Lipinski definition) is 4. The third-order valence-electron chi connectivity index (χ3n) is 14.8. The Morgan fingerprint density at radius 2 is 0.680 bits per heavy atom. The number of rotatable bonds is 8. The monoisotopic (exact) mass is 973 g/mol. The highest BCUT2D eigenvalue weighted by molar-refractivity contribution is 7.26.